The van der Waals surface area contributed by atoms with Gasteiger partial charge in [0.05, 0.1) is 0 Å². The van der Waals surface area contributed by atoms with E-state index in [0.29, 0.717) is 11.1 Å². The van der Waals surface area contributed by atoms with Crippen molar-refractivity contribution in [1.82, 2.24) is 4.90 Å². The fourth-order valence-corrected chi connectivity index (χ4v) is 5.77. The van der Waals surface area contributed by atoms with Crippen LogP contribution in [0.2, 0.25) is 0 Å². The highest BCUT2D eigenvalue weighted by Crippen LogP contribution is 2.34. The van der Waals surface area contributed by atoms with E-state index >= 15 is 0 Å². The molecule has 0 saturated heterocycles. The van der Waals surface area contributed by atoms with Gasteiger partial charge in [-0.05, 0) is 53.5 Å². The summed E-state index contributed by atoms with van der Waals surface area (Å²) < 4.78 is 0. The van der Waals surface area contributed by atoms with E-state index in [4.69, 9.17) is 0 Å². The van der Waals surface area contributed by atoms with E-state index in [2.05, 4.69) is 53.4 Å². The van der Waals surface area contributed by atoms with Crippen LogP contribution in [0, 0.1) is 0 Å². The molecular formula is C32H67N. The van der Waals surface area contributed by atoms with Crippen molar-refractivity contribution in [3.05, 3.63) is 0 Å². The first-order chi connectivity index (χ1) is 15.8. The summed E-state index contributed by atoms with van der Waals surface area (Å²) >= 11 is 0. The van der Waals surface area contributed by atoms with Gasteiger partial charge >= 0.3 is 0 Å². The normalized spacial score (nSPS) is 12.7. The Hall–Kier alpha value is -0.0400. The van der Waals surface area contributed by atoms with Crippen LogP contribution in [-0.2, 0) is 0 Å². The van der Waals surface area contributed by atoms with Crippen LogP contribution in [0.1, 0.15) is 190 Å². The minimum Gasteiger partial charge on any atom is -0.293 e. The Kier molecular flexibility index (Phi) is 21.2. The van der Waals surface area contributed by atoms with E-state index in [1.807, 2.05) is 0 Å². The minimum atomic E-state index is 0.318. The third-order valence-electron chi connectivity index (χ3n) is 7.98. The molecule has 0 unspecified atom stereocenters. The van der Waals surface area contributed by atoms with Gasteiger partial charge < -0.3 is 0 Å². The van der Waals surface area contributed by atoms with Crippen LogP contribution in [0.15, 0.2) is 0 Å². The number of hydrogen-bond donors (Lipinski definition) is 0. The van der Waals surface area contributed by atoms with E-state index < -0.39 is 0 Å². The average molecular weight is 466 g/mol. The fraction of sp³-hybridized carbons (Fsp3) is 1.00. The summed E-state index contributed by atoms with van der Waals surface area (Å²) in [6.45, 7) is 18.4. The Morgan fingerprint density at radius 3 is 0.970 bits per heavy atom. The van der Waals surface area contributed by atoms with Crippen molar-refractivity contribution in [2.45, 2.75) is 201 Å². The van der Waals surface area contributed by atoms with E-state index in [0.717, 1.165) is 0 Å². The van der Waals surface area contributed by atoms with Crippen molar-refractivity contribution in [3.8, 4) is 0 Å². The maximum absolute atomic E-state index is 2.93. The van der Waals surface area contributed by atoms with Crippen LogP contribution in [0.3, 0.4) is 0 Å². The number of rotatable bonds is 25. The Morgan fingerprint density at radius 2 is 0.636 bits per heavy atom. The maximum atomic E-state index is 2.93. The third kappa shape index (κ3) is 18.0. The molecule has 0 fully saturated rings. The molecule has 33 heavy (non-hydrogen) atoms. The summed E-state index contributed by atoms with van der Waals surface area (Å²) in [5.74, 6) is 0. The highest BCUT2D eigenvalue weighted by molar-refractivity contribution is 4.92. The smallest absolute Gasteiger partial charge is 0.0158 e. The van der Waals surface area contributed by atoms with Crippen molar-refractivity contribution in [2.75, 3.05) is 6.54 Å². The van der Waals surface area contributed by atoms with E-state index in [9.17, 15) is 0 Å². The lowest BCUT2D eigenvalue weighted by Crippen LogP contribution is -2.55. The summed E-state index contributed by atoms with van der Waals surface area (Å²) in [6.07, 6.45) is 31.0. The average Bonchev–Trinajstić information content (AvgIpc) is 2.76. The molecule has 1 heteroatoms. The van der Waals surface area contributed by atoms with Crippen LogP contribution in [0.4, 0.5) is 0 Å². The Morgan fingerprint density at radius 1 is 0.364 bits per heavy atom. The van der Waals surface area contributed by atoms with Crippen LogP contribution in [0.25, 0.3) is 0 Å². The molecule has 1 nitrogen and oxygen atoms in total. The lowest BCUT2D eigenvalue weighted by atomic mass is 9.85. The zero-order valence-electron chi connectivity index (χ0n) is 24.7. The first-order valence-corrected chi connectivity index (χ1v) is 15.6. The van der Waals surface area contributed by atoms with Crippen LogP contribution < -0.4 is 0 Å². The van der Waals surface area contributed by atoms with Gasteiger partial charge in [0.2, 0.25) is 0 Å². The third-order valence-corrected chi connectivity index (χ3v) is 7.98. The second-order valence-corrected chi connectivity index (χ2v) is 12.3. The zero-order valence-corrected chi connectivity index (χ0v) is 24.7. The number of nitrogens with zero attached hydrogens (tertiary/aromatic N) is 1. The molecule has 0 N–H and O–H groups in total. The molecule has 0 aliphatic carbocycles. The fourth-order valence-electron chi connectivity index (χ4n) is 5.77. The van der Waals surface area contributed by atoms with Gasteiger partial charge in [0.25, 0.3) is 0 Å². The van der Waals surface area contributed by atoms with E-state index in [-0.39, 0.29) is 0 Å². The molecule has 0 aromatic heterocycles. The predicted octanol–water partition coefficient (Wildman–Crippen LogP) is 11.5. The lowest BCUT2D eigenvalue weighted by Gasteiger charge is -2.49. The van der Waals surface area contributed by atoms with Gasteiger partial charge in [0, 0.05) is 11.1 Å². The lowest BCUT2D eigenvalue weighted by molar-refractivity contribution is 0.00152. The van der Waals surface area contributed by atoms with Gasteiger partial charge in [-0.25, -0.2) is 0 Å². The van der Waals surface area contributed by atoms with Crippen LogP contribution in [0.5, 0.6) is 0 Å². The molecule has 0 radical (unpaired) electrons. The Labute approximate surface area is 212 Å². The minimum absolute atomic E-state index is 0.318. The topological polar surface area (TPSA) is 3.24 Å². The molecule has 0 aromatic rings. The van der Waals surface area contributed by atoms with Gasteiger partial charge in [-0.15, -0.1) is 0 Å². The molecule has 0 bridgehead atoms. The van der Waals surface area contributed by atoms with Gasteiger partial charge in [-0.1, -0.05) is 143 Å². The molecule has 0 saturated carbocycles. The molecule has 0 amide bonds. The van der Waals surface area contributed by atoms with E-state index in [1.165, 1.54) is 148 Å². The van der Waals surface area contributed by atoms with Crippen molar-refractivity contribution >= 4 is 0 Å². The first-order valence-electron chi connectivity index (χ1n) is 15.6. The molecule has 0 aliphatic rings. The molecule has 0 aliphatic heterocycles. The molecule has 0 heterocycles. The molecule has 0 atom stereocenters. The second-order valence-electron chi connectivity index (χ2n) is 12.3. The van der Waals surface area contributed by atoms with Crippen LogP contribution in [-0.4, -0.2) is 22.5 Å². The van der Waals surface area contributed by atoms with Crippen molar-refractivity contribution in [1.29, 1.82) is 0 Å². The maximum Gasteiger partial charge on any atom is 0.0158 e. The first kappa shape index (κ1) is 33.0. The van der Waals surface area contributed by atoms with Gasteiger partial charge in [0.15, 0.2) is 0 Å². The zero-order chi connectivity index (χ0) is 24.8. The molecule has 0 rings (SSSR count). The summed E-state index contributed by atoms with van der Waals surface area (Å²) in [5.41, 5.74) is 0.636. The number of unbranched alkanes of at least 4 members (excludes halogenated alkanes) is 17. The van der Waals surface area contributed by atoms with E-state index in [1.54, 1.807) is 0 Å². The summed E-state index contributed by atoms with van der Waals surface area (Å²) in [6, 6.07) is 0. The highest BCUT2D eigenvalue weighted by Gasteiger charge is 2.36. The Bertz CT molecular complexity index is 371. The summed E-state index contributed by atoms with van der Waals surface area (Å²) in [5, 5.41) is 0. The summed E-state index contributed by atoms with van der Waals surface area (Å²) in [7, 11) is 0. The monoisotopic (exact) mass is 466 g/mol. The van der Waals surface area contributed by atoms with Gasteiger partial charge in [-0.3, -0.25) is 4.90 Å². The van der Waals surface area contributed by atoms with Gasteiger partial charge in [0.1, 0.15) is 0 Å². The number of hydrogen-bond acceptors (Lipinski definition) is 1. The van der Waals surface area contributed by atoms with Gasteiger partial charge in [-0.2, -0.15) is 0 Å². The molecule has 0 aromatic carbocycles. The SMILES string of the molecule is CCCCCCCCCCCCN(C(C)(C)CCCCCCC)C(C)(C)CCCCCCC. The quantitative estimate of drug-likeness (QED) is 0.121. The van der Waals surface area contributed by atoms with Crippen molar-refractivity contribution in [3.63, 3.8) is 0 Å². The summed E-state index contributed by atoms with van der Waals surface area (Å²) in [4.78, 5) is 2.93. The standard InChI is InChI=1S/C32H67N/c1-8-11-14-17-18-19-20-21-24-27-30-33(31(4,5)28-25-22-15-12-9-2)32(6,7)29-26-23-16-13-10-3/h8-30H2,1-7H3. The Balaban J connectivity index is 4.57. The van der Waals surface area contributed by atoms with Crippen molar-refractivity contribution in [2.24, 2.45) is 0 Å². The van der Waals surface area contributed by atoms with Crippen LogP contribution >= 0.6 is 0 Å². The largest absolute Gasteiger partial charge is 0.293 e. The molecule has 200 valence electrons. The predicted molar refractivity (Wildman–Crippen MR) is 153 cm³/mol. The molecule has 0 spiro atoms. The highest BCUT2D eigenvalue weighted by atomic mass is 15.2. The van der Waals surface area contributed by atoms with Crippen molar-refractivity contribution < 1.29 is 0 Å². The molecular weight excluding hydrogens is 398 g/mol. The second kappa shape index (κ2) is 21.3.